The Morgan fingerprint density at radius 2 is 2.07 bits per heavy atom. The summed E-state index contributed by atoms with van der Waals surface area (Å²) in [5.41, 5.74) is 4.64. The SMILES string of the molecule is CC(C)(C)OC(=O)N1CSC[C@H]1C(N)=O. The van der Waals surface area contributed by atoms with Crippen LogP contribution in [0, 0.1) is 0 Å². The molecule has 5 nitrogen and oxygen atoms in total. The highest BCUT2D eigenvalue weighted by atomic mass is 32.2. The number of rotatable bonds is 1. The summed E-state index contributed by atoms with van der Waals surface area (Å²) in [6.07, 6.45) is -0.476. The summed E-state index contributed by atoms with van der Waals surface area (Å²) in [6.45, 7) is 5.36. The molecule has 1 rings (SSSR count). The first kappa shape index (κ1) is 12.2. The van der Waals surface area contributed by atoms with E-state index in [0.717, 1.165) is 0 Å². The lowest BCUT2D eigenvalue weighted by Crippen LogP contribution is -2.46. The normalized spacial score (nSPS) is 21.5. The van der Waals surface area contributed by atoms with Gasteiger partial charge in [0.15, 0.2) is 0 Å². The molecule has 0 radical (unpaired) electrons. The van der Waals surface area contributed by atoms with E-state index < -0.39 is 23.6 Å². The zero-order valence-electron chi connectivity index (χ0n) is 9.15. The Balaban J connectivity index is 2.63. The highest BCUT2D eigenvalue weighted by Crippen LogP contribution is 2.23. The minimum atomic E-state index is -0.549. The summed E-state index contributed by atoms with van der Waals surface area (Å²) in [5.74, 6) is 0.530. The largest absolute Gasteiger partial charge is 0.444 e. The Hall–Kier alpha value is -0.910. The Kier molecular flexibility index (Phi) is 3.49. The van der Waals surface area contributed by atoms with Crippen LogP contribution in [0.5, 0.6) is 0 Å². The van der Waals surface area contributed by atoms with Gasteiger partial charge in [0.05, 0.1) is 5.88 Å². The number of nitrogens with two attached hydrogens (primary N) is 1. The zero-order chi connectivity index (χ0) is 11.6. The predicted molar refractivity (Wildman–Crippen MR) is 58.4 cm³/mol. The highest BCUT2D eigenvalue weighted by molar-refractivity contribution is 7.99. The van der Waals surface area contributed by atoms with Gasteiger partial charge < -0.3 is 10.5 Å². The molecule has 0 aromatic rings. The molecule has 0 bridgehead atoms. The molecule has 6 heteroatoms. The maximum absolute atomic E-state index is 11.7. The molecule has 0 aromatic heterocycles. The van der Waals surface area contributed by atoms with E-state index in [-0.39, 0.29) is 0 Å². The third-order valence-electron chi connectivity index (χ3n) is 1.84. The van der Waals surface area contributed by atoms with Crippen LogP contribution in [0.1, 0.15) is 20.8 Å². The van der Waals surface area contributed by atoms with E-state index in [1.807, 2.05) is 0 Å². The van der Waals surface area contributed by atoms with Crippen molar-refractivity contribution in [2.24, 2.45) is 5.73 Å². The number of carbonyl (C=O) groups is 2. The van der Waals surface area contributed by atoms with Crippen molar-refractivity contribution in [3.8, 4) is 0 Å². The Bertz CT molecular complexity index is 275. The van der Waals surface area contributed by atoms with Gasteiger partial charge >= 0.3 is 6.09 Å². The molecule has 15 heavy (non-hydrogen) atoms. The lowest BCUT2D eigenvalue weighted by molar-refractivity contribution is -0.121. The van der Waals surface area contributed by atoms with Crippen LogP contribution in [0.25, 0.3) is 0 Å². The molecule has 1 heterocycles. The summed E-state index contributed by atoms with van der Waals surface area (Å²) in [7, 11) is 0. The molecular weight excluding hydrogens is 216 g/mol. The summed E-state index contributed by atoms with van der Waals surface area (Å²) in [4.78, 5) is 24.1. The van der Waals surface area contributed by atoms with Crippen LogP contribution in [0.3, 0.4) is 0 Å². The fourth-order valence-electron chi connectivity index (χ4n) is 1.18. The lowest BCUT2D eigenvalue weighted by atomic mass is 10.2. The lowest BCUT2D eigenvalue weighted by Gasteiger charge is -2.26. The van der Waals surface area contributed by atoms with Gasteiger partial charge in [-0.1, -0.05) is 0 Å². The smallest absolute Gasteiger partial charge is 0.411 e. The maximum atomic E-state index is 11.7. The number of carbonyl (C=O) groups excluding carboxylic acids is 2. The van der Waals surface area contributed by atoms with Crippen molar-refractivity contribution in [2.75, 3.05) is 11.6 Å². The Morgan fingerprint density at radius 3 is 2.53 bits per heavy atom. The van der Waals surface area contributed by atoms with Crippen LogP contribution in [0.2, 0.25) is 0 Å². The minimum Gasteiger partial charge on any atom is -0.444 e. The minimum absolute atomic E-state index is 0.461. The summed E-state index contributed by atoms with van der Waals surface area (Å²) in [6, 6.07) is -0.537. The first-order chi connectivity index (χ1) is 6.81. The molecule has 0 aliphatic carbocycles. The monoisotopic (exact) mass is 232 g/mol. The molecule has 0 saturated carbocycles. The molecule has 0 aromatic carbocycles. The third-order valence-corrected chi connectivity index (χ3v) is 2.85. The highest BCUT2D eigenvalue weighted by Gasteiger charge is 2.35. The first-order valence-electron chi connectivity index (χ1n) is 4.68. The van der Waals surface area contributed by atoms with Gasteiger partial charge in [-0.05, 0) is 20.8 Å². The second-order valence-electron chi connectivity index (χ2n) is 4.37. The number of amides is 2. The fourth-order valence-corrected chi connectivity index (χ4v) is 2.33. The molecule has 1 fully saturated rings. The topological polar surface area (TPSA) is 72.6 Å². The molecule has 0 unspecified atom stereocenters. The summed E-state index contributed by atoms with van der Waals surface area (Å²) in [5, 5.41) is 0. The van der Waals surface area contributed by atoms with E-state index >= 15 is 0 Å². The van der Waals surface area contributed by atoms with E-state index in [1.54, 1.807) is 20.8 Å². The molecule has 1 aliphatic rings. The fraction of sp³-hybridized carbons (Fsp3) is 0.778. The van der Waals surface area contributed by atoms with Crippen molar-refractivity contribution in [1.82, 2.24) is 4.90 Å². The van der Waals surface area contributed by atoms with Gasteiger partial charge in [0.1, 0.15) is 11.6 Å². The van der Waals surface area contributed by atoms with Crippen LogP contribution in [0.15, 0.2) is 0 Å². The second-order valence-corrected chi connectivity index (χ2v) is 5.37. The number of primary amides is 1. The van der Waals surface area contributed by atoms with Crippen LogP contribution in [0.4, 0.5) is 4.79 Å². The standard InChI is InChI=1S/C9H16N2O3S/c1-9(2,3)14-8(13)11-5-15-4-6(11)7(10)12/h6H,4-5H2,1-3H3,(H2,10,12)/t6-/m0/s1. The quantitative estimate of drug-likeness (QED) is 0.725. The van der Waals surface area contributed by atoms with Crippen LogP contribution in [-0.4, -0.2) is 40.2 Å². The first-order valence-corrected chi connectivity index (χ1v) is 5.83. The molecule has 2 amide bonds. The Morgan fingerprint density at radius 1 is 1.47 bits per heavy atom. The molecule has 1 aliphatic heterocycles. The number of thioether (sulfide) groups is 1. The third kappa shape index (κ3) is 3.30. The van der Waals surface area contributed by atoms with Crippen molar-refractivity contribution in [3.05, 3.63) is 0 Å². The van der Waals surface area contributed by atoms with Crippen LogP contribution >= 0.6 is 11.8 Å². The number of nitrogens with zero attached hydrogens (tertiary/aromatic N) is 1. The number of ether oxygens (including phenoxy) is 1. The molecule has 1 saturated heterocycles. The second kappa shape index (κ2) is 4.30. The molecule has 1 atom stereocenters. The van der Waals surface area contributed by atoms with Crippen molar-refractivity contribution >= 4 is 23.8 Å². The molecule has 86 valence electrons. The van der Waals surface area contributed by atoms with Crippen molar-refractivity contribution in [1.29, 1.82) is 0 Å². The predicted octanol–water partition coefficient (Wildman–Crippen LogP) is 0.782. The van der Waals surface area contributed by atoms with Crippen LogP contribution < -0.4 is 5.73 Å². The number of hydrogen-bond donors (Lipinski definition) is 1. The average Bonchev–Trinajstić information content (AvgIpc) is 2.47. The van der Waals surface area contributed by atoms with Gasteiger partial charge in [-0.3, -0.25) is 9.69 Å². The summed E-state index contributed by atoms with van der Waals surface area (Å²) >= 11 is 1.50. The van der Waals surface area contributed by atoms with Gasteiger partial charge in [-0.15, -0.1) is 11.8 Å². The van der Waals surface area contributed by atoms with E-state index in [2.05, 4.69) is 0 Å². The van der Waals surface area contributed by atoms with E-state index in [4.69, 9.17) is 10.5 Å². The van der Waals surface area contributed by atoms with Gasteiger partial charge in [0, 0.05) is 5.75 Å². The van der Waals surface area contributed by atoms with Gasteiger partial charge in [-0.25, -0.2) is 4.79 Å². The van der Waals surface area contributed by atoms with Crippen molar-refractivity contribution in [2.45, 2.75) is 32.4 Å². The molecule has 2 N–H and O–H groups in total. The zero-order valence-corrected chi connectivity index (χ0v) is 9.97. The van der Waals surface area contributed by atoms with E-state index in [9.17, 15) is 9.59 Å². The van der Waals surface area contributed by atoms with Gasteiger partial charge in [0.25, 0.3) is 0 Å². The number of hydrogen-bond acceptors (Lipinski definition) is 4. The van der Waals surface area contributed by atoms with E-state index in [0.29, 0.717) is 11.6 Å². The van der Waals surface area contributed by atoms with Crippen molar-refractivity contribution in [3.63, 3.8) is 0 Å². The average molecular weight is 232 g/mol. The Labute approximate surface area is 93.3 Å². The summed E-state index contributed by atoms with van der Waals surface area (Å²) < 4.78 is 5.17. The van der Waals surface area contributed by atoms with Gasteiger partial charge in [0.2, 0.25) is 5.91 Å². The van der Waals surface area contributed by atoms with Crippen LogP contribution in [-0.2, 0) is 9.53 Å². The van der Waals surface area contributed by atoms with Crippen molar-refractivity contribution < 1.29 is 14.3 Å². The van der Waals surface area contributed by atoms with Gasteiger partial charge in [-0.2, -0.15) is 0 Å². The molecule has 0 spiro atoms. The van der Waals surface area contributed by atoms with E-state index in [1.165, 1.54) is 16.7 Å². The maximum Gasteiger partial charge on any atom is 0.411 e. The molecular formula is C9H16N2O3S.